The number of ketones is 1. The highest BCUT2D eigenvalue weighted by Crippen LogP contribution is 2.44. The second-order valence-electron chi connectivity index (χ2n) is 8.43. The molecule has 1 heterocycles. The molecule has 6 nitrogen and oxygen atoms in total. The van der Waals surface area contributed by atoms with Crippen LogP contribution in [0, 0.1) is 17.0 Å². The number of nitro groups is 1. The summed E-state index contributed by atoms with van der Waals surface area (Å²) in [4.78, 5) is 24.5. The number of nitro benzene ring substituents is 1. The van der Waals surface area contributed by atoms with Crippen molar-refractivity contribution in [1.82, 2.24) is 0 Å². The lowest BCUT2D eigenvalue weighted by Crippen LogP contribution is -2.26. The molecule has 1 aliphatic carbocycles. The van der Waals surface area contributed by atoms with Gasteiger partial charge in [-0.25, -0.2) is 0 Å². The van der Waals surface area contributed by atoms with Gasteiger partial charge in [-0.05, 0) is 48.1 Å². The number of carbonyl (C=O) groups excluding carboxylic acids is 1. The zero-order chi connectivity index (χ0) is 22.2. The number of hydrogen-bond donors (Lipinski definition) is 2. The van der Waals surface area contributed by atoms with Gasteiger partial charge in [0.15, 0.2) is 5.78 Å². The molecular formula is C26H23N3O3. The van der Waals surface area contributed by atoms with E-state index < -0.39 is 11.0 Å². The summed E-state index contributed by atoms with van der Waals surface area (Å²) in [5.74, 6) is 0.147. The number of nitrogens with one attached hydrogen (secondary N) is 2. The van der Waals surface area contributed by atoms with Crippen LogP contribution in [0.5, 0.6) is 0 Å². The van der Waals surface area contributed by atoms with Crippen molar-refractivity contribution >= 4 is 22.8 Å². The van der Waals surface area contributed by atoms with Gasteiger partial charge in [-0.15, -0.1) is 0 Å². The summed E-state index contributed by atoms with van der Waals surface area (Å²) >= 11 is 0. The van der Waals surface area contributed by atoms with Crippen LogP contribution < -0.4 is 10.6 Å². The first kappa shape index (κ1) is 20.0. The summed E-state index contributed by atoms with van der Waals surface area (Å²) in [5.41, 5.74) is 6.25. The third kappa shape index (κ3) is 3.64. The number of aryl methyl sites for hydroxylation is 1. The smallest absolute Gasteiger partial charge is 0.269 e. The van der Waals surface area contributed by atoms with Crippen LogP contribution in [0.1, 0.15) is 41.5 Å². The molecule has 3 aromatic carbocycles. The molecule has 0 fully saturated rings. The van der Waals surface area contributed by atoms with E-state index in [1.54, 1.807) is 12.1 Å². The minimum absolute atomic E-state index is 0.0125. The SMILES string of the molecule is Cc1ccc2c(c1)N[C@H](c1cccc([N+](=O)[O-])c1)C1=C(C[C@@H](c3ccccc3)CC1=O)N2. The van der Waals surface area contributed by atoms with Crippen LogP contribution in [0.25, 0.3) is 0 Å². The third-order valence-corrected chi connectivity index (χ3v) is 6.24. The van der Waals surface area contributed by atoms with Crippen molar-refractivity contribution in [2.75, 3.05) is 10.6 Å². The highest BCUT2D eigenvalue weighted by Gasteiger charge is 2.36. The van der Waals surface area contributed by atoms with Crippen LogP contribution in [0.15, 0.2) is 84.1 Å². The summed E-state index contributed by atoms with van der Waals surface area (Å²) in [6.07, 6.45) is 1.11. The van der Waals surface area contributed by atoms with Gasteiger partial charge in [0.05, 0.1) is 22.3 Å². The molecule has 2 N–H and O–H groups in total. The fraction of sp³-hybridized carbons (Fsp3) is 0.192. The Morgan fingerprint density at radius 3 is 2.47 bits per heavy atom. The van der Waals surface area contributed by atoms with E-state index in [-0.39, 0.29) is 17.4 Å². The highest BCUT2D eigenvalue weighted by atomic mass is 16.6. The Bertz CT molecular complexity index is 1250. The minimum atomic E-state index is -0.468. The summed E-state index contributed by atoms with van der Waals surface area (Å²) < 4.78 is 0. The van der Waals surface area contributed by atoms with E-state index in [2.05, 4.69) is 22.8 Å². The van der Waals surface area contributed by atoms with Gasteiger partial charge in [0.1, 0.15) is 0 Å². The first-order valence-electron chi connectivity index (χ1n) is 10.7. The molecule has 3 aromatic rings. The molecule has 2 atom stereocenters. The average molecular weight is 425 g/mol. The maximum absolute atomic E-state index is 13.5. The molecular weight excluding hydrogens is 402 g/mol. The Morgan fingerprint density at radius 2 is 1.69 bits per heavy atom. The summed E-state index contributed by atoms with van der Waals surface area (Å²) in [5, 5.41) is 18.4. The van der Waals surface area contributed by atoms with Crippen molar-refractivity contribution in [2.45, 2.75) is 31.7 Å². The van der Waals surface area contributed by atoms with Gasteiger partial charge >= 0.3 is 0 Å². The van der Waals surface area contributed by atoms with Gasteiger partial charge in [0, 0.05) is 29.8 Å². The molecule has 0 unspecified atom stereocenters. The number of fused-ring (bicyclic) bond motifs is 1. The first-order chi connectivity index (χ1) is 15.5. The topological polar surface area (TPSA) is 84.3 Å². The molecule has 0 amide bonds. The van der Waals surface area contributed by atoms with E-state index in [1.807, 2.05) is 49.4 Å². The van der Waals surface area contributed by atoms with Crippen molar-refractivity contribution in [1.29, 1.82) is 0 Å². The fourth-order valence-corrected chi connectivity index (χ4v) is 4.69. The maximum Gasteiger partial charge on any atom is 0.269 e. The Kier molecular flexibility index (Phi) is 4.98. The van der Waals surface area contributed by atoms with Crippen LogP contribution in [0.2, 0.25) is 0 Å². The summed E-state index contributed by atoms with van der Waals surface area (Å²) in [6, 6.07) is 22.2. The lowest BCUT2D eigenvalue weighted by molar-refractivity contribution is -0.384. The normalized spacial score (nSPS) is 19.8. The largest absolute Gasteiger partial charge is 0.372 e. The van der Waals surface area contributed by atoms with Gasteiger partial charge < -0.3 is 10.6 Å². The molecule has 6 heteroatoms. The first-order valence-corrected chi connectivity index (χ1v) is 10.7. The number of rotatable bonds is 3. The van der Waals surface area contributed by atoms with Gasteiger partial charge in [0.25, 0.3) is 5.69 Å². The predicted octanol–water partition coefficient (Wildman–Crippen LogP) is 5.88. The number of anilines is 2. The van der Waals surface area contributed by atoms with Crippen molar-refractivity contribution in [3.8, 4) is 0 Å². The molecule has 5 rings (SSSR count). The zero-order valence-corrected chi connectivity index (χ0v) is 17.7. The minimum Gasteiger partial charge on any atom is -0.372 e. The maximum atomic E-state index is 13.5. The quantitative estimate of drug-likeness (QED) is 0.404. The molecule has 0 spiro atoms. The number of non-ortho nitro benzene ring substituents is 1. The molecule has 0 saturated heterocycles. The Balaban J connectivity index is 1.64. The van der Waals surface area contributed by atoms with Gasteiger partial charge in [-0.2, -0.15) is 0 Å². The van der Waals surface area contributed by atoms with Crippen molar-refractivity contribution < 1.29 is 9.72 Å². The van der Waals surface area contributed by atoms with E-state index in [1.165, 1.54) is 6.07 Å². The predicted molar refractivity (Wildman–Crippen MR) is 125 cm³/mol. The number of nitrogens with zero attached hydrogens (tertiary/aromatic N) is 1. The number of carbonyl (C=O) groups is 1. The molecule has 2 aliphatic rings. The molecule has 1 aliphatic heterocycles. The van der Waals surface area contributed by atoms with Crippen LogP contribution in [-0.4, -0.2) is 10.7 Å². The lowest BCUT2D eigenvalue weighted by atomic mass is 9.78. The monoisotopic (exact) mass is 425 g/mol. The second kappa shape index (κ2) is 7.96. The van der Waals surface area contributed by atoms with Crippen molar-refractivity contribution in [2.24, 2.45) is 0 Å². The van der Waals surface area contributed by atoms with Gasteiger partial charge in [-0.3, -0.25) is 14.9 Å². The number of hydrogen-bond acceptors (Lipinski definition) is 5. The molecule has 160 valence electrons. The highest BCUT2D eigenvalue weighted by molar-refractivity contribution is 6.01. The van der Waals surface area contributed by atoms with Crippen LogP contribution in [0.3, 0.4) is 0 Å². The number of benzene rings is 3. The van der Waals surface area contributed by atoms with Crippen LogP contribution in [-0.2, 0) is 4.79 Å². The molecule has 32 heavy (non-hydrogen) atoms. The number of allylic oxidation sites excluding steroid dienone is 1. The van der Waals surface area contributed by atoms with Crippen LogP contribution in [0.4, 0.5) is 17.1 Å². The lowest BCUT2D eigenvalue weighted by Gasteiger charge is -2.29. The molecule has 0 saturated carbocycles. The van der Waals surface area contributed by atoms with Gasteiger partial charge in [0.2, 0.25) is 0 Å². The third-order valence-electron chi connectivity index (χ3n) is 6.24. The summed E-state index contributed by atoms with van der Waals surface area (Å²) in [7, 11) is 0. The van der Waals surface area contributed by atoms with Crippen molar-refractivity contribution in [3.05, 3.63) is 111 Å². The van der Waals surface area contributed by atoms with E-state index in [0.29, 0.717) is 24.0 Å². The molecule has 0 radical (unpaired) electrons. The Labute approximate surface area is 186 Å². The molecule has 0 aromatic heterocycles. The van der Waals surface area contributed by atoms with Crippen molar-refractivity contribution in [3.63, 3.8) is 0 Å². The standard InChI is InChI=1S/C26H23N3O3/c1-16-10-11-21-22(12-16)28-26(18-8-5-9-20(13-18)29(31)32)25-23(27-21)14-19(15-24(25)30)17-6-3-2-4-7-17/h2-13,19,26-28H,14-15H2,1H3/t19-,26-/m1/s1. The average Bonchev–Trinajstić information content (AvgIpc) is 2.96. The number of Topliss-reactive ketones (excluding diaryl/α,β-unsaturated/α-hetero) is 1. The zero-order valence-electron chi connectivity index (χ0n) is 17.7. The Hall–Kier alpha value is -3.93. The fourth-order valence-electron chi connectivity index (χ4n) is 4.69. The van der Waals surface area contributed by atoms with E-state index >= 15 is 0 Å². The summed E-state index contributed by atoms with van der Waals surface area (Å²) in [6.45, 7) is 2.01. The second-order valence-corrected chi connectivity index (χ2v) is 8.43. The van der Waals surface area contributed by atoms with Crippen LogP contribution >= 0.6 is 0 Å². The van der Waals surface area contributed by atoms with E-state index in [4.69, 9.17) is 0 Å². The van der Waals surface area contributed by atoms with Gasteiger partial charge in [-0.1, -0.05) is 48.5 Å². The van der Waals surface area contributed by atoms with E-state index in [9.17, 15) is 14.9 Å². The Morgan fingerprint density at radius 1 is 0.906 bits per heavy atom. The molecule has 0 bridgehead atoms. The van der Waals surface area contributed by atoms with E-state index in [0.717, 1.165) is 28.2 Å².